The van der Waals surface area contributed by atoms with E-state index in [0.29, 0.717) is 18.8 Å². The molecule has 1 aromatic heterocycles. The van der Waals surface area contributed by atoms with Gasteiger partial charge in [-0.15, -0.1) is 0 Å². The predicted octanol–water partition coefficient (Wildman–Crippen LogP) is 3.04. The molecular formula is C22H19FN4O2. The minimum absolute atomic E-state index is 0.00421. The van der Waals surface area contributed by atoms with Crippen LogP contribution >= 0.6 is 0 Å². The number of hydrogen-bond acceptors (Lipinski definition) is 3. The number of aryl methyl sites for hydroxylation is 1. The fourth-order valence-corrected chi connectivity index (χ4v) is 4.69. The zero-order chi connectivity index (χ0) is 20.2. The second-order valence-corrected chi connectivity index (χ2v) is 7.50. The summed E-state index contributed by atoms with van der Waals surface area (Å²) in [6.07, 6.45) is 3.87. The van der Waals surface area contributed by atoms with Crippen LogP contribution in [0.1, 0.15) is 34.2 Å². The molecule has 2 aromatic carbocycles. The Morgan fingerprint density at radius 2 is 1.97 bits per heavy atom. The number of nitrogens with zero attached hydrogens (tertiary/aromatic N) is 3. The minimum Gasteiger partial charge on any atom is -0.336 e. The first-order chi connectivity index (χ1) is 14.0. The summed E-state index contributed by atoms with van der Waals surface area (Å²) in [5, 5.41) is 2.96. The van der Waals surface area contributed by atoms with Crippen molar-refractivity contribution >= 4 is 17.5 Å². The van der Waals surface area contributed by atoms with Crippen molar-refractivity contribution < 1.29 is 14.0 Å². The highest BCUT2D eigenvalue weighted by molar-refractivity contribution is 6.08. The molecule has 2 atom stereocenters. The van der Waals surface area contributed by atoms with Gasteiger partial charge in [0, 0.05) is 31.7 Å². The third-order valence-corrected chi connectivity index (χ3v) is 6.05. The highest BCUT2D eigenvalue weighted by Crippen LogP contribution is 2.54. The molecule has 3 heterocycles. The van der Waals surface area contributed by atoms with Crippen LogP contribution in [0.25, 0.3) is 0 Å². The summed E-state index contributed by atoms with van der Waals surface area (Å²) in [4.78, 5) is 32.7. The average Bonchev–Trinajstić information content (AvgIpc) is 3.39. The van der Waals surface area contributed by atoms with Gasteiger partial charge < -0.3 is 14.8 Å². The van der Waals surface area contributed by atoms with Crippen LogP contribution in [-0.4, -0.2) is 32.8 Å². The van der Waals surface area contributed by atoms with Crippen molar-refractivity contribution in [3.8, 4) is 0 Å². The van der Waals surface area contributed by atoms with E-state index < -0.39 is 23.2 Å². The number of halogens is 1. The van der Waals surface area contributed by atoms with Gasteiger partial charge in [-0.2, -0.15) is 0 Å². The number of benzene rings is 2. The lowest BCUT2D eigenvalue weighted by Crippen LogP contribution is -2.44. The number of fused-ring (bicyclic) bond motifs is 2. The summed E-state index contributed by atoms with van der Waals surface area (Å²) in [5.74, 6) is -0.576. The number of hydrogen-bond donors (Lipinski definition) is 1. The lowest BCUT2D eigenvalue weighted by Gasteiger charge is -2.33. The summed E-state index contributed by atoms with van der Waals surface area (Å²) in [6.45, 7) is 0.326. The number of rotatable bonds is 2. The van der Waals surface area contributed by atoms with E-state index >= 15 is 0 Å². The van der Waals surface area contributed by atoms with E-state index in [2.05, 4.69) is 10.3 Å². The number of aromatic nitrogens is 2. The number of imidazole rings is 1. The van der Waals surface area contributed by atoms with Crippen LogP contribution < -0.4 is 5.32 Å². The van der Waals surface area contributed by atoms with E-state index in [1.165, 1.54) is 12.1 Å². The van der Waals surface area contributed by atoms with Crippen molar-refractivity contribution in [3.05, 3.63) is 83.7 Å². The standard InChI is InChI=1S/C22H19FN4O2/c1-26-13-11-24-19(26)18-22(15-7-3-5-9-17(15)25-21(22)29)10-12-27(18)20(28)14-6-2-4-8-16(14)23/h2-9,11,13,18H,10,12H2,1H3,(H,25,29)/t18-,22+/m0/s1. The largest absolute Gasteiger partial charge is 0.336 e. The lowest BCUT2D eigenvalue weighted by atomic mass is 9.74. The topological polar surface area (TPSA) is 67.2 Å². The zero-order valence-corrected chi connectivity index (χ0v) is 15.8. The number of carbonyl (C=O) groups excluding carboxylic acids is 2. The summed E-state index contributed by atoms with van der Waals surface area (Å²) in [5.41, 5.74) is 0.630. The molecule has 5 rings (SSSR count). The van der Waals surface area contributed by atoms with Gasteiger partial charge in [-0.3, -0.25) is 9.59 Å². The maximum Gasteiger partial charge on any atom is 0.257 e. The first-order valence-corrected chi connectivity index (χ1v) is 9.48. The molecule has 2 amide bonds. The van der Waals surface area contributed by atoms with E-state index in [1.54, 1.807) is 29.4 Å². The maximum absolute atomic E-state index is 14.4. The smallest absolute Gasteiger partial charge is 0.257 e. The number of nitrogens with one attached hydrogen (secondary N) is 1. The van der Waals surface area contributed by atoms with Gasteiger partial charge in [0.1, 0.15) is 23.1 Å². The van der Waals surface area contributed by atoms with E-state index in [0.717, 1.165) is 11.3 Å². The summed E-state index contributed by atoms with van der Waals surface area (Å²) < 4.78 is 16.2. The fourth-order valence-electron chi connectivity index (χ4n) is 4.69. The van der Waals surface area contributed by atoms with Gasteiger partial charge in [-0.05, 0) is 30.2 Å². The Kier molecular flexibility index (Phi) is 3.81. The Balaban J connectivity index is 1.69. The van der Waals surface area contributed by atoms with Crippen LogP contribution in [0.4, 0.5) is 10.1 Å². The normalized spacial score (nSPS) is 22.8. The molecule has 0 unspecified atom stereocenters. The lowest BCUT2D eigenvalue weighted by molar-refractivity contribution is -0.121. The molecule has 1 spiro atoms. The van der Waals surface area contributed by atoms with Gasteiger partial charge >= 0.3 is 0 Å². The number of anilines is 1. The SMILES string of the molecule is Cn1ccnc1[C@@H]1N(C(=O)c2ccccc2F)CC[C@]12C(=O)Nc1ccccc12. The van der Waals surface area contributed by atoms with Crippen molar-refractivity contribution in [2.75, 3.05) is 11.9 Å². The highest BCUT2D eigenvalue weighted by atomic mass is 19.1. The molecular weight excluding hydrogens is 371 g/mol. The molecule has 2 aliphatic rings. The molecule has 0 bridgehead atoms. The molecule has 3 aromatic rings. The number of amides is 2. The molecule has 2 aliphatic heterocycles. The van der Waals surface area contributed by atoms with Crippen LogP contribution in [0.2, 0.25) is 0 Å². The molecule has 29 heavy (non-hydrogen) atoms. The molecule has 7 heteroatoms. The number of likely N-dealkylation sites (tertiary alicyclic amines) is 1. The highest BCUT2D eigenvalue weighted by Gasteiger charge is 2.60. The van der Waals surface area contributed by atoms with Gasteiger partial charge in [0.15, 0.2) is 0 Å². The third-order valence-electron chi connectivity index (χ3n) is 6.05. The molecule has 1 fully saturated rings. The second kappa shape index (κ2) is 6.27. The van der Waals surface area contributed by atoms with Crippen molar-refractivity contribution in [1.29, 1.82) is 0 Å². The molecule has 0 radical (unpaired) electrons. The summed E-state index contributed by atoms with van der Waals surface area (Å²) in [7, 11) is 1.83. The van der Waals surface area contributed by atoms with Gasteiger partial charge in [-0.25, -0.2) is 9.37 Å². The Bertz CT molecular complexity index is 1140. The van der Waals surface area contributed by atoms with E-state index in [1.807, 2.05) is 35.9 Å². The summed E-state index contributed by atoms with van der Waals surface area (Å²) in [6, 6.07) is 12.8. The second-order valence-electron chi connectivity index (χ2n) is 7.50. The molecule has 0 saturated carbocycles. The Morgan fingerprint density at radius 3 is 2.72 bits per heavy atom. The van der Waals surface area contributed by atoms with Gasteiger partial charge in [0.25, 0.3) is 5.91 Å². The first-order valence-electron chi connectivity index (χ1n) is 9.48. The molecule has 1 saturated heterocycles. The Labute approximate surface area is 167 Å². The molecule has 0 aliphatic carbocycles. The van der Waals surface area contributed by atoms with Crippen molar-refractivity contribution in [2.45, 2.75) is 17.9 Å². The number of para-hydroxylation sites is 1. The van der Waals surface area contributed by atoms with Gasteiger partial charge in [0.05, 0.1) is 5.56 Å². The van der Waals surface area contributed by atoms with Gasteiger partial charge in [-0.1, -0.05) is 30.3 Å². The molecule has 6 nitrogen and oxygen atoms in total. The van der Waals surface area contributed by atoms with Crippen molar-refractivity contribution in [2.24, 2.45) is 7.05 Å². The Hall–Kier alpha value is -3.48. The third kappa shape index (κ3) is 2.36. The number of carbonyl (C=O) groups is 2. The average molecular weight is 390 g/mol. The van der Waals surface area contributed by atoms with E-state index in [-0.39, 0.29) is 11.5 Å². The first kappa shape index (κ1) is 17.6. The van der Waals surface area contributed by atoms with Crippen molar-refractivity contribution in [1.82, 2.24) is 14.5 Å². The van der Waals surface area contributed by atoms with Crippen LogP contribution in [-0.2, 0) is 17.3 Å². The van der Waals surface area contributed by atoms with Crippen LogP contribution in [0.5, 0.6) is 0 Å². The molecule has 1 N–H and O–H groups in total. The van der Waals surface area contributed by atoms with Gasteiger partial charge in [0.2, 0.25) is 5.91 Å². The van der Waals surface area contributed by atoms with Crippen LogP contribution in [0.15, 0.2) is 60.9 Å². The Morgan fingerprint density at radius 1 is 1.21 bits per heavy atom. The monoisotopic (exact) mass is 390 g/mol. The zero-order valence-electron chi connectivity index (χ0n) is 15.8. The fraction of sp³-hybridized carbons (Fsp3) is 0.227. The van der Waals surface area contributed by atoms with E-state index in [9.17, 15) is 14.0 Å². The van der Waals surface area contributed by atoms with Crippen LogP contribution in [0, 0.1) is 5.82 Å². The van der Waals surface area contributed by atoms with E-state index in [4.69, 9.17) is 0 Å². The minimum atomic E-state index is -0.962. The van der Waals surface area contributed by atoms with Crippen LogP contribution in [0.3, 0.4) is 0 Å². The predicted molar refractivity (Wildman–Crippen MR) is 105 cm³/mol. The quantitative estimate of drug-likeness (QED) is 0.731. The molecule has 146 valence electrons. The summed E-state index contributed by atoms with van der Waals surface area (Å²) >= 11 is 0. The van der Waals surface area contributed by atoms with Crippen molar-refractivity contribution in [3.63, 3.8) is 0 Å². The maximum atomic E-state index is 14.4.